The van der Waals surface area contributed by atoms with E-state index in [0.29, 0.717) is 0 Å². The molecule has 0 bridgehead atoms. The Morgan fingerprint density at radius 3 is 2.92 bits per heavy atom. The Morgan fingerprint density at radius 1 is 1.67 bits per heavy atom. The molecule has 1 saturated heterocycles. The van der Waals surface area contributed by atoms with Crippen LogP contribution in [0.25, 0.3) is 0 Å². The number of rotatable bonds is 1. The van der Waals surface area contributed by atoms with Crippen LogP contribution in [0.2, 0.25) is 0 Å². The van der Waals surface area contributed by atoms with Crippen molar-refractivity contribution in [1.29, 1.82) is 0 Å². The van der Waals surface area contributed by atoms with Crippen LogP contribution >= 0.6 is 0 Å². The molecule has 0 aromatic carbocycles. The number of hydrogen-bond donors (Lipinski definition) is 1. The van der Waals surface area contributed by atoms with Crippen LogP contribution in [-0.4, -0.2) is 43.0 Å². The number of carbonyl (C=O) groups excluding carboxylic acids is 1. The maximum Gasteiger partial charge on any atom is 0.236 e. The van der Waals surface area contributed by atoms with Gasteiger partial charge in [-0.2, -0.15) is 0 Å². The lowest BCUT2D eigenvalue weighted by Gasteiger charge is -2.26. The van der Waals surface area contributed by atoms with Crippen LogP contribution in [0.15, 0.2) is 0 Å². The van der Waals surface area contributed by atoms with Gasteiger partial charge >= 0.3 is 0 Å². The van der Waals surface area contributed by atoms with Crippen molar-refractivity contribution in [2.45, 2.75) is 25.4 Å². The van der Waals surface area contributed by atoms with Gasteiger partial charge in [0.05, 0.1) is 0 Å². The fourth-order valence-corrected chi connectivity index (χ4v) is 1.68. The first-order valence-corrected chi connectivity index (χ1v) is 4.29. The van der Waals surface area contributed by atoms with Gasteiger partial charge in [-0.3, -0.25) is 9.69 Å². The largest absolute Gasteiger partial charge is 0.368 e. The van der Waals surface area contributed by atoms with Gasteiger partial charge in [-0.05, 0) is 26.9 Å². The monoisotopic (exact) mass is 170 g/mol. The number of nitrogens with zero attached hydrogens (tertiary/aromatic N) is 2. The van der Waals surface area contributed by atoms with Gasteiger partial charge in [0.15, 0.2) is 0 Å². The second kappa shape index (κ2) is 3.87. The number of primary amides is 1. The van der Waals surface area contributed by atoms with Crippen LogP contribution in [0.4, 0.5) is 0 Å². The fraction of sp³-hybridized carbons (Fsp3) is 0.875. The van der Waals surface area contributed by atoms with Crippen molar-refractivity contribution >= 4 is 5.91 Å². The topological polar surface area (TPSA) is 60.4 Å². The second-order valence-corrected chi connectivity index (χ2v) is 3.33. The van der Waals surface area contributed by atoms with Gasteiger partial charge in [0.25, 0.3) is 0 Å². The average Bonchev–Trinajstić information content (AvgIpc) is 2.11. The summed E-state index contributed by atoms with van der Waals surface area (Å²) in [6.45, 7) is 3.69. The summed E-state index contributed by atoms with van der Waals surface area (Å²) in [7, 11) is 1.92. The molecule has 4 heteroatoms. The van der Waals surface area contributed by atoms with Crippen molar-refractivity contribution in [2.24, 2.45) is 5.73 Å². The first-order valence-electron chi connectivity index (χ1n) is 4.29. The molecule has 1 rings (SSSR count). The lowest BCUT2D eigenvalue weighted by molar-refractivity contribution is -0.123. The predicted octanol–water partition coefficient (Wildman–Crippen LogP) is -0.831. The summed E-state index contributed by atoms with van der Waals surface area (Å²) in [5, 5.41) is 4.33. The molecule has 0 spiro atoms. The number of carbonyl (C=O) groups is 1. The van der Waals surface area contributed by atoms with Crippen molar-refractivity contribution in [1.82, 2.24) is 10.2 Å². The van der Waals surface area contributed by atoms with E-state index in [2.05, 4.69) is 5.32 Å². The molecule has 2 N–H and O–H groups in total. The van der Waals surface area contributed by atoms with Gasteiger partial charge < -0.3 is 5.73 Å². The summed E-state index contributed by atoms with van der Waals surface area (Å²) >= 11 is 0. The first kappa shape index (κ1) is 9.48. The highest BCUT2D eigenvalue weighted by molar-refractivity contribution is 5.80. The van der Waals surface area contributed by atoms with E-state index in [9.17, 15) is 4.79 Å². The van der Waals surface area contributed by atoms with Crippen molar-refractivity contribution in [3.8, 4) is 0 Å². The number of amides is 1. The molecular formula is C8H16N3O. The van der Waals surface area contributed by atoms with Crippen LogP contribution in [0.3, 0.4) is 0 Å². The van der Waals surface area contributed by atoms with Crippen molar-refractivity contribution in [3.05, 3.63) is 0 Å². The lowest BCUT2D eigenvalue weighted by Crippen LogP contribution is -2.50. The molecule has 1 fully saturated rings. The molecule has 0 aliphatic carbocycles. The standard InChI is InChI=1S/C8H16N3O/c1-6-7(8(9)12)11(2)5-3-4-10-6/h6-7H,3-5H2,1-2H3,(H2,9,12). The molecule has 12 heavy (non-hydrogen) atoms. The Morgan fingerprint density at radius 2 is 2.33 bits per heavy atom. The highest BCUT2D eigenvalue weighted by Crippen LogP contribution is 2.07. The average molecular weight is 170 g/mol. The second-order valence-electron chi connectivity index (χ2n) is 3.33. The highest BCUT2D eigenvalue weighted by atomic mass is 16.1. The Hall–Kier alpha value is -0.610. The van der Waals surface area contributed by atoms with E-state index in [1.807, 2.05) is 18.9 Å². The summed E-state index contributed by atoms with van der Waals surface area (Å²) in [5.74, 6) is -0.268. The minimum atomic E-state index is -0.268. The quantitative estimate of drug-likeness (QED) is 0.558. The van der Waals surface area contributed by atoms with Crippen molar-refractivity contribution < 1.29 is 4.79 Å². The minimum Gasteiger partial charge on any atom is -0.368 e. The third-order valence-electron chi connectivity index (χ3n) is 2.31. The zero-order valence-corrected chi connectivity index (χ0v) is 7.66. The van der Waals surface area contributed by atoms with E-state index in [4.69, 9.17) is 5.73 Å². The maximum absolute atomic E-state index is 11.0. The third-order valence-corrected chi connectivity index (χ3v) is 2.31. The molecule has 0 aromatic rings. The van der Waals surface area contributed by atoms with Crippen LogP contribution < -0.4 is 11.1 Å². The SMILES string of the molecule is CC1[N]CCCN(C)C1C(N)=O. The first-order chi connectivity index (χ1) is 5.63. The molecule has 1 aliphatic rings. The Balaban J connectivity index is 2.68. The zero-order valence-electron chi connectivity index (χ0n) is 7.66. The Labute approximate surface area is 73.1 Å². The van der Waals surface area contributed by atoms with Crippen LogP contribution in [0, 0.1) is 0 Å². The summed E-state index contributed by atoms with van der Waals surface area (Å²) in [4.78, 5) is 13.0. The maximum atomic E-state index is 11.0. The van der Waals surface area contributed by atoms with E-state index in [-0.39, 0.29) is 18.0 Å². The lowest BCUT2D eigenvalue weighted by atomic mass is 10.1. The zero-order chi connectivity index (χ0) is 9.14. The molecule has 1 radical (unpaired) electrons. The van der Waals surface area contributed by atoms with Gasteiger partial charge in [-0.25, -0.2) is 5.32 Å². The van der Waals surface area contributed by atoms with E-state index >= 15 is 0 Å². The summed E-state index contributed by atoms with van der Waals surface area (Å²) in [5.41, 5.74) is 5.28. The van der Waals surface area contributed by atoms with E-state index in [1.165, 1.54) is 0 Å². The van der Waals surface area contributed by atoms with Gasteiger partial charge in [-0.1, -0.05) is 0 Å². The normalized spacial score (nSPS) is 32.8. The molecule has 69 valence electrons. The molecule has 0 saturated carbocycles. The number of nitrogens with two attached hydrogens (primary N) is 1. The van der Waals surface area contributed by atoms with Crippen molar-refractivity contribution in [2.75, 3.05) is 20.1 Å². The minimum absolute atomic E-state index is 0.0370. The molecule has 1 amide bonds. The molecule has 1 aliphatic heterocycles. The molecule has 1 heterocycles. The fourth-order valence-electron chi connectivity index (χ4n) is 1.68. The Bertz CT molecular complexity index is 160. The molecule has 0 aromatic heterocycles. The highest BCUT2D eigenvalue weighted by Gasteiger charge is 2.29. The van der Waals surface area contributed by atoms with Gasteiger partial charge in [0.1, 0.15) is 6.04 Å². The predicted molar refractivity (Wildman–Crippen MR) is 46.7 cm³/mol. The summed E-state index contributed by atoms with van der Waals surface area (Å²) in [6.07, 6.45) is 1.02. The third kappa shape index (κ3) is 1.95. The van der Waals surface area contributed by atoms with Gasteiger partial charge in [0.2, 0.25) is 5.91 Å². The number of hydrogen-bond acceptors (Lipinski definition) is 2. The molecular weight excluding hydrogens is 154 g/mol. The Kier molecular flexibility index (Phi) is 3.05. The summed E-state index contributed by atoms with van der Waals surface area (Å²) < 4.78 is 0. The molecule has 2 unspecified atom stereocenters. The molecule has 4 nitrogen and oxygen atoms in total. The van der Waals surface area contributed by atoms with E-state index < -0.39 is 0 Å². The van der Waals surface area contributed by atoms with E-state index in [1.54, 1.807) is 0 Å². The van der Waals surface area contributed by atoms with Gasteiger partial charge in [-0.15, -0.1) is 0 Å². The van der Waals surface area contributed by atoms with E-state index in [0.717, 1.165) is 19.5 Å². The van der Waals surface area contributed by atoms with Gasteiger partial charge in [0, 0.05) is 12.6 Å². The van der Waals surface area contributed by atoms with Crippen LogP contribution in [0.5, 0.6) is 0 Å². The smallest absolute Gasteiger partial charge is 0.236 e. The summed E-state index contributed by atoms with van der Waals surface area (Å²) in [6, 6.07) is -0.178. The van der Waals surface area contributed by atoms with Crippen molar-refractivity contribution in [3.63, 3.8) is 0 Å². The number of likely N-dealkylation sites (N-methyl/N-ethyl adjacent to an activating group) is 1. The van der Waals surface area contributed by atoms with Crippen LogP contribution in [-0.2, 0) is 4.79 Å². The molecule has 2 atom stereocenters. The van der Waals surface area contributed by atoms with Crippen LogP contribution in [0.1, 0.15) is 13.3 Å².